The minimum absolute atomic E-state index is 0.0698. The van der Waals surface area contributed by atoms with Gasteiger partial charge in [0.2, 0.25) is 0 Å². The van der Waals surface area contributed by atoms with E-state index in [4.69, 9.17) is 17.3 Å². The average molecular weight is 297 g/mol. The predicted molar refractivity (Wildman–Crippen MR) is 66.8 cm³/mol. The van der Waals surface area contributed by atoms with Crippen molar-refractivity contribution < 1.29 is 13.5 Å². The van der Waals surface area contributed by atoms with Crippen LogP contribution in [0, 0.1) is 5.41 Å². The van der Waals surface area contributed by atoms with Gasteiger partial charge in [-0.3, -0.25) is 0 Å². The fourth-order valence-corrected chi connectivity index (χ4v) is 5.30. The molecular formula is C9H13ClN2O3S2. The van der Waals surface area contributed by atoms with Crippen molar-refractivity contribution in [1.29, 1.82) is 0 Å². The highest BCUT2D eigenvalue weighted by Crippen LogP contribution is 2.43. The number of aliphatic hydroxyl groups is 1. The summed E-state index contributed by atoms with van der Waals surface area (Å²) in [5.41, 5.74) is 4.83. The molecule has 2 unspecified atom stereocenters. The van der Waals surface area contributed by atoms with Crippen LogP contribution in [-0.4, -0.2) is 36.6 Å². The van der Waals surface area contributed by atoms with E-state index in [-0.39, 0.29) is 18.1 Å². The molecule has 3 N–H and O–H groups in total. The van der Waals surface area contributed by atoms with Crippen LogP contribution >= 0.6 is 22.9 Å². The highest BCUT2D eigenvalue weighted by atomic mass is 35.5. The number of halogens is 1. The number of sulfone groups is 1. The second-order valence-corrected chi connectivity index (χ2v) is 8.19. The second kappa shape index (κ2) is 4.47. The lowest BCUT2D eigenvalue weighted by Crippen LogP contribution is -2.38. The number of hydrogen-bond donors (Lipinski definition) is 2. The average Bonchev–Trinajstić information content (AvgIpc) is 2.82. The molecule has 0 spiro atoms. The number of nitrogens with zero attached hydrogens (tertiary/aromatic N) is 1. The maximum absolute atomic E-state index is 11.5. The summed E-state index contributed by atoms with van der Waals surface area (Å²) in [7, 11) is -3.11. The SMILES string of the molecule is NCC1(C(O)c2ncc(Cl)s2)CCS(=O)(=O)C1. The number of nitrogens with two attached hydrogens (primary N) is 1. The third-order valence-corrected chi connectivity index (χ3v) is 6.14. The normalized spacial score (nSPS) is 29.4. The van der Waals surface area contributed by atoms with Crippen LogP contribution in [0.5, 0.6) is 0 Å². The summed E-state index contributed by atoms with van der Waals surface area (Å²) in [6, 6.07) is 0. The Labute approximate surface area is 109 Å². The molecule has 0 bridgehead atoms. The van der Waals surface area contributed by atoms with E-state index in [0.717, 1.165) is 11.3 Å². The molecule has 96 valence electrons. The summed E-state index contributed by atoms with van der Waals surface area (Å²) >= 11 is 6.90. The van der Waals surface area contributed by atoms with E-state index in [0.29, 0.717) is 15.8 Å². The van der Waals surface area contributed by atoms with Gasteiger partial charge in [-0.2, -0.15) is 0 Å². The summed E-state index contributed by atoms with van der Waals surface area (Å²) in [5.74, 6) is -0.0186. The maximum Gasteiger partial charge on any atom is 0.151 e. The Balaban J connectivity index is 2.31. The Kier molecular flexibility index (Phi) is 3.48. The van der Waals surface area contributed by atoms with Crippen molar-refractivity contribution in [1.82, 2.24) is 4.98 Å². The molecule has 0 aromatic carbocycles. The first kappa shape index (κ1) is 13.2. The largest absolute Gasteiger partial charge is 0.385 e. The number of aliphatic hydroxyl groups excluding tert-OH is 1. The topological polar surface area (TPSA) is 93.3 Å². The van der Waals surface area contributed by atoms with E-state index in [2.05, 4.69) is 4.98 Å². The summed E-state index contributed by atoms with van der Waals surface area (Å²) < 4.78 is 23.5. The Hall–Kier alpha value is -0.210. The lowest BCUT2D eigenvalue weighted by Gasteiger charge is -2.30. The molecule has 0 radical (unpaired) electrons. The van der Waals surface area contributed by atoms with Gasteiger partial charge in [-0.1, -0.05) is 11.6 Å². The Bertz CT molecular complexity index is 516. The molecule has 0 saturated carbocycles. The third-order valence-electron chi connectivity index (χ3n) is 3.13. The van der Waals surface area contributed by atoms with Crippen molar-refractivity contribution in [2.45, 2.75) is 12.5 Å². The minimum Gasteiger partial charge on any atom is -0.385 e. The molecule has 2 rings (SSSR count). The van der Waals surface area contributed by atoms with Crippen LogP contribution in [0.25, 0.3) is 0 Å². The zero-order valence-electron chi connectivity index (χ0n) is 8.97. The highest BCUT2D eigenvalue weighted by molar-refractivity contribution is 7.91. The molecule has 5 nitrogen and oxygen atoms in total. The zero-order valence-corrected chi connectivity index (χ0v) is 11.4. The van der Waals surface area contributed by atoms with Crippen LogP contribution in [0.4, 0.5) is 0 Å². The van der Waals surface area contributed by atoms with E-state index >= 15 is 0 Å². The minimum atomic E-state index is -3.11. The molecule has 2 heterocycles. The van der Waals surface area contributed by atoms with Gasteiger partial charge in [0.15, 0.2) is 9.84 Å². The number of thiazole rings is 1. The van der Waals surface area contributed by atoms with Crippen LogP contribution < -0.4 is 5.73 Å². The van der Waals surface area contributed by atoms with E-state index in [9.17, 15) is 13.5 Å². The molecule has 0 aliphatic carbocycles. The Morgan fingerprint density at radius 3 is 2.82 bits per heavy atom. The van der Waals surface area contributed by atoms with Gasteiger partial charge >= 0.3 is 0 Å². The summed E-state index contributed by atoms with van der Waals surface area (Å²) in [4.78, 5) is 3.99. The molecule has 2 atom stereocenters. The zero-order chi connectivity index (χ0) is 12.7. The standard InChI is InChI=1S/C9H13ClN2O3S2/c10-6-3-12-8(16-6)7(13)9(4-11)1-2-17(14,15)5-9/h3,7,13H,1-2,4-5,11H2. The molecule has 1 aliphatic rings. The molecule has 17 heavy (non-hydrogen) atoms. The van der Waals surface area contributed by atoms with Crippen LogP contribution in [0.2, 0.25) is 4.34 Å². The maximum atomic E-state index is 11.5. The smallest absolute Gasteiger partial charge is 0.151 e. The quantitative estimate of drug-likeness (QED) is 0.852. The van der Waals surface area contributed by atoms with Gasteiger partial charge in [0.25, 0.3) is 0 Å². The van der Waals surface area contributed by atoms with Crippen LogP contribution in [0.1, 0.15) is 17.5 Å². The van der Waals surface area contributed by atoms with Gasteiger partial charge in [-0.25, -0.2) is 13.4 Å². The van der Waals surface area contributed by atoms with Gasteiger partial charge in [0, 0.05) is 12.0 Å². The fraction of sp³-hybridized carbons (Fsp3) is 0.667. The van der Waals surface area contributed by atoms with Gasteiger partial charge in [-0.15, -0.1) is 11.3 Å². The summed E-state index contributed by atoms with van der Waals surface area (Å²) in [6.07, 6.45) is 0.838. The van der Waals surface area contributed by atoms with Crippen molar-refractivity contribution in [3.05, 3.63) is 15.5 Å². The number of aromatic nitrogens is 1. The van der Waals surface area contributed by atoms with Crippen LogP contribution in [0.15, 0.2) is 6.20 Å². The van der Waals surface area contributed by atoms with E-state index in [1.807, 2.05) is 0 Å². The Morgan fingerprint density at radius 2 is 2.41 bits per heavy atom. The first-order valence-corrected chi connectivity index (χ1v) is 8.10. The lowest BCUT2D eigenvalue weighted by atomic mass is 9.82. The molecule has 1 aromatic heterocycles. The molecule has 0 amide bonds. The second-order valence-electron chi connectivity index (χ2n) is 4.31. The molecule has 1 aliphatic heterocycles. The van der Waals surface area contributed by atoms with Crippen molar-refractivity contribution in [2.24, 2.45) is 11.1 Å². The summed E-state index contributed by atoms with van der Waals surface area (Å²) in [6.45, 7) is 0.116. The van der Waals surface area contributed by atoms with Gasteiger partial charge in [0.05, 0.1) is 17.7 Å². The molecule has 1 aromatic rings. The number of rotatable bonds is 3. The highest BCUT2D eigenvalue weighted by Gasteiger charge is 2.48. The molecule has 8 heteroatoms. The van der Waals surface area contributed by atoms with Crippen LogP contribution in [0.3, 0.4) is 0 Å². The van der Waals surface area contributed by atoms with E-state index < -0.39 is 21.4 Å². The van der Waals surface area contributed by atoms with Crippen molar-refractivity contribution >= 4 is 32.8 Å². The van der Waals surface area contributed by atoms with Gasteiger partial charge in [0.1, 0.15) is 15.4 Å². The van der Waals surface area contributed by atoms with Crippen molar-refractivity contribution in [3.63, 3.8) is 0 Å². The van der Waals surface area contributed by atoms with Crippen LogP contribution in [-0.2, 0) is 9.84 Å². The monoisotopic (exact) mass is 296 g/mol. The van der Waals surface area contributed by atoms with Crippen molar-refractivity contribution in [3.8, 4) is 0 Å². The predicted octanol–water partition coefficient (Wildman–Crippen LogP) is 0.593. The fourth-order valence-electron chi connectivity index (χ4n) is 2.08. The summed E-state index contributed by atoms with van der Waals surface area (Å²) in [5, 5.41) is 10.7. The van der Waals surface area contributed by atoms with E-state index in [1.165, 1.54) is 6.20 Å². The first-order chi connectivity index (χ1) is 7.88. The lowest BCUT2D eigenvalue weighted by molar-refractivity contribution is 0.0470. The van der Waals surface area contributed by atoms with Gasteiger partial charge < -0.3 is 10.8 Å². The molecule has 1 fully saturated rings. The van der Waals surface area contributed by atoms with Crippen molar-refractivity contribution in [2.75, 3.05) is 18.1 Å². The molecule has 1 saturated heterocycles. The van der Waals surface area contributed by atoms with Gasteiger partial charge in [-0.05, 0) is 6.42 Å². The first-order valence-electron chi connectivity index (χ1n) is 5.08. The third kappa shape index (κ3) is 2.48. The van der Waals surface area contributed by atoms with E-state index in [1.54, 1.807) is 0 Å². The number of hydrogen-bond acceptors (Lipinski definition) is 6. The molecular weight excluding hydrogens is 284 g/mol. The Morgan fingerprint density at radius 1 is 1.71 bits per heavy atom.